The number of carboxylic acids is 1. The van der Waals surface area contributed by atoms with E-state index in [0.717, 1.165) is 0 Å². The van der Waals surface area contributed by atoms with E-state index in [4.69, 9.17) is 26.7 Å². The number of methoxy groups -OCH3 is 1. The number of hydrogen-bond donors (Lipinski definition) is 3. The van der Waals surface area contributed by atoms with E-state index in [0.29, 0.717) is 29.4 Å². The molecule has 0 radical (unpaired) electrons. The van der Waals surface area contributed by atoms with Gasteiger partial charge in [0, 0.05) is 24.9 Å². The van der Waals surface area contributed by atoms with Crippen LogP contribution in [0.4, 0.5) is 5.69 Å². The van der Waals surface area contributed by atoms with Crippen molar-refractivity contribution in [3.8, 4) is 11.8 Å². The predicted molar refractivity (Wildman–Crippen MR) is 85.2 cm³/mol. The summed E-state index contributed by atoms with van der Waals surface area (Å²) >= 11 is 5.95. The second-order valence-corrected chi connectivity index (χ2v) is 4.83. The third-order valence-corrected chi connectivity index (χ3v) is 3.03. The third kappa shape index (κ3) is 6.28. The molecule has 0 aliphatic rings. The van der Waals surface area contributed by atoms with E-state index >= 15 is 0 Å². The van der Waals surface area contributed by atoms with Crippen LogP contribution in [0.1, 0.15) is 12.8 Å². The van der Waals surface area contributed by atoms with Crippen molar-refractivity contribution in [3.63, 3.8) is 0 Å². The summed E-state index contributed by atoms with van der Waals surface area (Å²) in [4.78, 5) is 22.3. The van der Waals surface area contributed by atoms with E-state index in [2.05, 4.69) is 10.6 Å². The number of hydrogen-bond acceptors (Lipinski definition) is 5. The Hall–Kier alpha value is -2.72. The minimum absolute atomic E-state index is 0.0132. The number of rotatable bonds is 8. The largest absolute Gasteiger partial charge is 0.495 e. The molecule has 1 aromatic rings. The number of amides is 1. The summed E-state index contributed by atoms with van der Waals surface area (Å²) in [5, 5.41) is 23.1. The van der Waals surface area contributed by atoms with Crippen LogP contribution in [0.3, 0.4) is 0 Å². The topological polar surface area (TPSA) is 111 Å². The van der Waals surface area contributed by atoms with Crippen LogP contribution < -0.4 is 15.4 Å². The van der Waals surface area contributed by atoms with Gasteiger partial charge in [0.05, 0.1) is 12.1 Å². The van der Waals surface area contributed by atoms with Crippen molar-refractivity contribution in [2.75, 3.05) is 19.0 Å². The number of carboxylic acid groups (broad SMARTS) is 1. The van der Waals surface area contributed by atoms with Crippen LogP contribution in [0.15, 0.2) is 30.0 Å². The van der Waals surface area contributed by atoms with Crippen LogP contribution in [-0.4, -0.2) is 30.6 Å². The fraction of sp³-hybridized carbons (Fsp3) is 0.267. The summed E-state index contributed by atoms with van der Waals surface area (Å²) < 4.78 is 5.01. The monoisotopic (exact) mass is 337 g/mol. The molecular weight excluding hydrogens is 322 g/mol. The highest BCUT2D eigenvalue weighted by Crippen LogP contribution is 2.27. The van der Waals surface area contributed by atoms with Crippen molar-refractivity contribution in [3.05, 3.63) is 35.0 Å². The zero-order valence-corrected chi connectivity index (χ0v) is 13.2. The van der Waals surface area contributed by atoms with Crippen LogP contribution in [0, 0.1) is 11.3 Å². The number of anilines is 1. The Labute approximate surface area is 138 Å². The molecule has 7 nitrogen and oxygen atoms in total. The number of aliphatic carboxylic acids is 1. The van der Waals surface area contributed by atoms with Gasteiger partial charge in [-0.05, 0) is 24.6 Å². The van der Waals surface area contributed by atoms with Crippen LogP contribution >= 0.6 is 11.6 Å². The number of carbonyl (C=O) groups is 2. The van der Waals surface area contributed by atoms with Gasteiger partial charge in [0.15, 0.2) is 0 Å². The number of carbonyl (C=O) groups excluding carboxylic acids is 1. The van der Waals surface area contributed by atoms with Crippen LogP contribution in [0.5, 0.6) is 5.75 Å². The first-order valence-electron chi connectivity index (χ1n) is 6.68. The van der Waals surface area contributed by atoms with E-state index < -0.39 is 11.9 Å². The number of nitrogens with zero attached hydrogens (tertiary/aromatic N) is 1. The normalized spacial score (nSPS) is 10.6. The van der Waals surface area contributed by atoms with E-state index in [9.17, 15) is 9.59 Å². The number of benzene rings is 1. The second kappa shape index (κ2) is 9.33. The second-order valence-electron chi connectivity index (χ2n) is 4.42. The molecule has 1 amide bonds. The van der Waals surface area contributed by atoms with Gasteiger partial charge in [0.25, 0.3) is 5.91 Å². The van der Waals surface area contributed by atoms with Crippen molar-refractivity contribution >= 4 is 29.2 Å². The first-order valence-corrected chi connectivity index (χ1v) is 7.06. The molecule has 0 heterocycles. The van der Waals surface area contributed by atoms with Gasteiger partial charge < -0.3 is 20.5 Å². The summed E-state index contributed by atoms with van der Waals surface area (Å²) in [6, 6.07) is 6.47. The molecule has 1 rings (SSSR count). The lowest BCUT2D eigenvalue weighted by Gasteiger charge is -2.07. The van der Waals surface area contributed by atoms with Gasteiger partial charge in [-0.3, -0.25) is 9.59 Å². The molecule has 0 saturated carbocycles. The highest BCUT2D eigenvalue weighted by molar-refractivity contribution is 6.32. The number of nitrogens with one attached hydrogen (secondary N) is 2. The van der Waals surface area contributed by atoms with Crippen molar-refractivity contribution < 1.29 is 19.4 Å². The first-order chi connectivity index (χ1) is 11.0. The standard InChI is InChI=1S/C15H16ClN3O4/c1-23-13-5-4-11(7-12(13)16)19-15(22)10(8-17)9-18-6-2-3-14(20)21/h4-5,7,9,18H,2-3,6H2,1H3,(H,19,22)(H,20,21)/b10-9-. The zero-order chi connectivity index (χ0) is 17.2. The molecule has 0 atom stereocenters. The maximum atomic E-state index is 12.0. The fourth-order valence-electron chi connectivity index (χ4n) is 1.61. The Balaban J connectivity index is 2.61. The Morgan fingerprint density at radius 1 is 1.48 bits per heavy atom. The highest BCUT2D eigenvalue weighted by atomic mass is 35.5. The van der Waals surface area contributed by atoms with Gasteiger partial charge in [0.1, 0.15) is 17.4 Å². The van der Waals surface area contributed by atoms with Crippen LogP contribution in [0.25, 0.3) is 0 Å². The maximum Gasteiger partial charge on any atom is 0.303 e. The molecule has 0 aliphatic carbocycles. The molecule has 0 unspecified atom stereocenters. The highest BCUT2D eigenvalue weighted by Gasteiger charge is 2.10. The van der Waals surface area contributed by atoms with Gasteiger partial charge in [-0.25, -0.2) is 0 Å². The maximum absolute atomic E-state index is 12.0. The lowest BCUT2D eigenvalue weighted by molar-refractivity contribution is -0.137. The summed E-state index contributed by atoms with van der Waals surface area (Å²) in [5.41, 5.74) is 0.292. The summed E-state index contributed by atoms with van der Waals surface area (Å²) in [5.74, 6) is -1.02. The van der Waals surface area contributed by atoms with E-state index in [1.165, 1.54) is 19.4 Å². The van der Waals surface area contributed by atoms with Gasteiger partial charge in [0.2, 0.25) is 0 Å². The molecule has 0 spiro atoms. The number of nitriles is 1. The minimum atomic E-state index is -0.898. The molecule has 0 fully saturated rings. The van der Waals surface area contributed by atoms with E-state index in [-0.39, 0.29) is 12.0 Å². The Morgan fingerprint density at radius 3 is 2.78 bits per heavy atom. The molecular formula is C15H16ClN3O4. The quantitative estimate of drug-likeness (QED) is 0.381. The molecule has 0 saturated heterocycles. The smallest absolute Gasteiger partial charge is 0.303 e. The zero-order valence-electron chi connectivity index (χ0n) is 12.4. The Bertz CT molecular complexity index is 653. The summed E-state index contributed by atoms with van der Waals surface area (Å²) in [6.45, 7) is 0.346. The fourth-order valence-corrected chi connectivity index (χ4v) is 1.86. The number of halogens is 1. The van der Waals surface area contributed by atoms with Crippen LogP contribution in [0.2, 0.25) is 5.02 Å². The molecule has 122 valence electrons. The molecule has 23 heavy (non-hydrogen) atoms. The SMILES string of the molecule is COc1ccc(NC(=O)/C(C#N)=C\NCCCC(=O)O)cc1Cl. The molecule has 1 aromatic carbocycles. The summed E-state index contributed by atoms with van der Waals surface area (Å²) in [6.07, 6.45) is 1.65. The average Bonchev–Trinajstić information content (AvgIpc) is 2.50. The molecule has 0 bridgehead atoms. The van der Waals surface area contributed by atoms with Crippen LogP contribution in [-0.2, 0) is 9.59 Å². The molecule has 0 aromatic heterocycles. The summed E-state index contributed by atoms with van der Waals surface area (Å²) in [7, 11) is 1.48. The van der Waals surface area contributed by atoms with Gasteiger partial charge in [-0.1, -0.05) is 11.6 Å². The van der Waals surface area contributed by atoms with Gasteiger partial charge in [-0.15, -0.1) is 0 Å². The molecule has 3 N–H and O–H groups in total. The Kier molecular flexibility index (Phi) is 7.43. The van der Waals surface area contributed by atoms with Gasteiger partial charge in [-0.2, -0.15) is 5.26 Å². The van der Waals surface area contributed by atoms with Crippen molar-refractivity contribution in [2.24, 2.45) is 0 Å². The molecule has 0 aliphatic heterocycles. The predicted octanol–water partition coefficient (Wildman–Crippen LogP) is 2.15. The van der Waals surface area contributed by atoms with Crippen molar-refractivity contribution in [1.82, 2.24) is 5.32 Å². The van der Waals surface area contributed by atoms with Crippen molar-refractivity contribution in [2.45, 2.75) is 12.8 Å². The van der Waals surface area contributed by atoms with E-state index in [1.807, 2.05) is 0 Å². The Morgan fingerprint density at radius 2 is 2.22 bits per heavy atom. The average molecular weight is 338 g/mol. The van der Waals surface area contributed by atoms with E-state index in [1.54, 1.807) is 18.2 Å². The number of ether oxygens (including phenoxy) is 1. The van der Waals surface area contributed by atoms with Gasteiger partial charge >= 0.3 is 5.97 Å². The van der Waals surface area contributed by atoms with Crippen molar-refractivity contribution in [1.29, 1.82) is 5.26 Å². The third-order valence-electron chi connectivity index (χ3n) is 2.73. The first kappa shape index (κ1) is 18.3. The lowest BCUT2D eigenvalue weighted by atomic mass is 10.2. The molecule has 8 heteroatoms. The minimum Gasteiger partial charge on any atom is -0.495 e. The lowest BCUT2D eigenvalue weighted by Crippen LogP contribution is -2.17.